The van der Waals surface area contributed by atoms with Crippen LogP contribution in [0.4, 0.5) is 8.78 Å². The first-order valence-electron chi connectivity index (χ1n) is 9.27. The van der Waals surface area contributed by atoms with Gasteiger partial charge in [0, 0.05) is 11.1 Å². The predicted molar refractivity (Wildman–Crippen MR) is 110 cm³/mol. The smallest absolute Gasteiger partial charge is 0.131 e. The maximum atomic E-state index is 14.7. The summed E-state index contributed by atoms with van der Waals surface area (Å²) >= 11 is 0. The van der Waals surface area contributed by atoms with Gasteiger partial charge in [-0.25, -0.2) is 8.78 Å². The van der Waals surface area contributed by atoms with Crippen molar-refractivity contribution in [1.82, 2.24) is 0 Å². The van der Waals surface area contributed by atoms with E-state index in [-0.39, 0.29) is 17.4 Å². The Kier molecular flexibility index (Phi) is 4.82. The molecule has 0 spiro atoms. The molecule has 0 amide bonds. The van der Waals surface area contributed by atoms with Gasteiger partial charge in [0.1, 0.15) is 17.4 Å². The molecule has 0 aliphatic heterocycles. The van der Waals surface area contributed by atoms with E-state index in [0.29, 0.717) is 27.8 Å². The fourth-order valence-electron chi connectivity index (χ4n) is 3.49. The Balaban J connectivity index is 1.65. The Morgan fingerprint density at radius 3 is 1.79 bits per heavy atom. The van der Waals surface area contributed by atoms with Gasteiger partial charge in [-0.3, -0.25) is 0 Å². The summed E-state index contributed by atoms with van der Waals surface area (Å²) < 4.78 is 29.4. The predicted octanol–water partition coefficient (Wildman–Crippen LogP) is 7.13. The molecule has 0 saturated heterocycles. The van der Waals surface area contributed by atoms with Crippen LogP contribution in [0.3, 0.4) is 0 Å². The second kappa shape index (κ2) is 7.43. The summed E-state index contributed by atoms with van der Waals surface area (Å²) in [6.07, 6.45) is 5.78. The number of halogens is 2. The fraction of sp³-hybridized carbons (Fsp3) is 0.120. The third kappa shape index (κ3) is 3.61. The molecule has 28 heavy (non-hydrogen) atoms. The highest BCUT2D eigenvalue weighted by atomic mass is 19.1. The Morgan fingerprint density at radius 2 is 1.25 bits per heavy atom. The van der Waals surface area contributed by atoms with Crippen molar-refractivity contribution < 1.29 is 13.9 Å². The van der Waals surface area contributed by atoms with Crippen molar-refractivity contribution in [2.45, 2.75) is 19.8 Å². The van der Waals surface area contributed by atoms with Crippen molar-refractivity contribution in [2.24, 2.45) is 0 Å². The molecule has 0 atom stereocenters. The molecule has 0 radical (unpaired) electrons. The summed E-state index contributed by atoms with van der Waals surface area (Å²) in [7, 11) is 0. The molecule has 1 aliphatic rings. The van der Waals surface area contributed by atoms with Gasteiger partial charge in [0.25, 0.3) is 0 Å². The average molecular weight is 374 g/mol. The van der Waals surface area contributed by atoms with Gasteiger partial charge >= 0.3 is 0 Å². The first kappa shape index (κ1) is 18.2. The summed E-state index contributed by atoms with van der Waals surface area (Å²) in [5.41, 5.74) is 5.27. The third-order valence-corrected chi connectivity index (χ3v) is 5.15. The number of benzene rings is 3. The minimum atomic E-state index is -0.386. The van der Waals surface area contributed by atoms with Gasteiger partial charge in [0.2, 0.25) is 0 Å². The lowest BCUT2D eigenvalue weighted by atomic mass is 9.92. The third-order valence-electron chi connectivity index (χ3n) is 5.15. The highest BCUT2D eigenvalue weighted by Gasteiger charge is 2.13. The van der Waals surface area contributed by atoms with Crippen LogP contribution in [0, 0.1) is 11.6 Å². The highest BCUT2D eigenvalue weighted by molar-refractivity contribution is 5.75. The Morgan fingerprint density at radius 1 is 0.679 bits per heavy atom. The molecular weight excluding hydrogens is 354 g/mol. The molecule has 0 fully saturated rings. The van der Waals surface area contributed by atoms with Crippen LogP contribution in [0.5, 0.6) is 5.75 Å². The summed E-state index contributed by atoms with van der Waals surface area (Å²) in [5, 5.41) is 9.38. The van der Waals surface area contributed by atoms with E-state index in [0.717, 1.165) is 18.4 Å². The zero-order valence-corrected chi connectivity index (χ0v) is 15.5. The standard InChI is InChI=1S/C25H20F2O/c1-16-2-4-17(5-3-16)22-12-8-19(14-24(22)26)20-9-13-23(25(27)15-20)18-6-10-21(28)11-7-18/h2,4,6-15,28H,3,5H2,1H3. The molecule has 0 saturated carbocycles. The maximum Gasteiger partial charge on any atom is 0.131 e. The van der Waals surface area contributed by atoms with Gasteiger partial charge in [-0.15, -0.1) is 0 Å². The molecule has 1 aliphatic carbocycles. The molecule has 1 nitrogen and oxygen atoms in total. The normalized spacial score (nSPS) is 13.8. The largest absolute Gasteiger partial charge is 0.508 e. The summed E-state index contributed by atoms with van der Waals surface area (Å²) in [5.74, 6) is -0.543. The van der Waals surface area contributed by atoms with Crippen molar-refractivity contribution in [3.63, 3.8) is 0 Å². The van der Waals surface area contributed by atoms with E-state index < -0.39 is 0 Å². The van der Waals surface area contributed by atoms with Gasteiger partial charge in [0.05, 0.1) is 0 Å². The molecule has 1 N–H and O–H groups in total. The number of rotatable bonds is 3. The number of hydrogen-bond acceptors (Lipinski definition) is 1. The first-order valence-corrected chi connectivity index (χ1v) is 9.27. The molecule has 3 aromatic carbocycles. The van der Waals surface area contributed by atoms with Crippen LogP contribution in [0.15, 0.2) is 78.4 Å². The van der Waals surface area contributed by atoms with Crippen LogP contribution in [0.25, 0.3) is 27.8 Å². The highest BCUT2D eigenvalue weighted by Crippen LogP contribution is 2.33. The van der Waals surface area contributed by atoms with Gasteiger partial charge in [-0.2, -0.15) is 0 Å². The maximum absolute atomic E-state index is 14.7. The van der Waals surface area contributed by atoms with Gasteiger partial charge in [-0.05, 0) is 66.3 Å². The lowest BCUT2D eigenvalue weighted by Gasteiger charge is -2.14. The van der Waals surface area contributed by atoms with Crippen molar-refractivity contribution in [2.75, 3.05) is 0 Å². The van der Waals surface area contributed by atoms with E-state index in [4.69, 9.17) is 0 Å². The minimum absolute atomic E-state index is 0.134. The molecule has 0 aromatic heterocycles. The summed E-state index contributed by atoms with van der Waals surface area (Å²) in [6.45, 7) is 2.07. The SMILES string of the molecule is CC1=CC=C(c2ccc(-c3ccc(-c4ccc(O)cc4)c(F)c3)cc2F)CC1. The topological polar surface area (TPSA) is 20.2 Å². The molecular formula is C25H20F2O. The number of phenols is 1. The molecule has 140 valence electrons. The van der Waals surface area contributed by atoms with Crippen LogP contribution < -0.4 is 0 Å². The monoisotopic (exact) mass is 374 g/mol. The number of hydrogen-bond donors (Lipinski definition) is 1. The summed E-state index contributed by atoms with van der Waals surface area (Å²) in [6, 6.07) is 16.3. The molecule has 0 bridgehead atoms. The van der Waals surface area contributed by atoms with E-state index >= 15 is 0 Å². The molecule has 3 aromatic rings. The second-order valence-corrected chi connectivity index (χ2v) is 7.14. The van der Waals surface area contributed by atoms with Crippen molar-refractivity contribution in [3.05, 3.63) is 95.6 Å². The van der Waals surface area contributed by atoms with E-state index in [1.165, 1.54) is 29.8 Å². The second-order valence-electron chi connectivity index (χ2n) is 7.14. The van der Waals surface area contributed by atoms with Crippen LogP contribution >= 0.6 is 0 Å². The van der Waals surface area contributed by atoms with E-state index in [1.54, 1.807) is 30.3 Å². The molecule has 0 unspecified atom stereocenters. The zero-order chi connectivity index (χ0) is 19.7. The van der Waals surface area contributed by atoms with E-state index in [9.17, 15) is 13.9 Å². The van der Waals surface area contributed by atoms with E-state index in [2.05, 4.69) is 6.92 Å². The number of allylic oxidation sites excluding steroid dienone is 4. The summed E-state index contributed by atoms with van der Waals surface area (Å²) in [4.78, 5) is 0. The fourth-order valence-corrected chi connectivity index (χ4v) is 3.49. The van der Waals surface area contributed by atoms with Crippen LogP contribution in [-0.4, -0.2) is 5.11 Å². The van der Waals surface area contributed by atoms with Crippen molar-refractivity contribution >= 4 is 5.57 Å². The van der Waals surface area contributed by atoms with Crippen LogP contribution in [-0.2, 0) is 0 Å². The number of phenolic OH excluding ortho intramolecular Hbond substituents is 1. The molecule has 3 heteroatoms. The van der Waals surface area contributed by atoms with Crippen molar-refractivity contribution in [3.8, 4) is 28.0 Å². The van der Waals surface area contributed by atoms with Gasteiger partial charge in [-0.1, -0.05) is 54.1 Å². The van der Waals surface area contributed by atoms with Gasteiger partial charge in [0.15, 0.2) is 0 Å². The Bertz CT molecular complexity index is 1090. The molecule has 0 heterocycles. The average Bonchev–Trinajstić information content (AvgIpc) is 2.69. The quantitative estimate of drug-likeness (QED) is 0.517. The molecule has 4 rings (SSSR count). The lowest BCUT2D eigenvalue weighted by molar-refractivity contribution is 0.475. The Hall–Kier alpha value is -3.20. The van der Waals surface area contributed by atoms with Gasteiger partial charge < -0.3 is 5.11 Å². The van der Waals surface area contributed by atoms with Crippen LogP contribution in [0.2, 0.25) is 0 Å². The van der Waals surface area contributed by atoms with E-state index in [1.807, 2.05) is 18.2 Å². The lowest BCUT2D eigenvalue weighted by Crippen LogP contribution is -1.95. The number of aromatic hydroxyl groups is 1. The first-order chi connectivity index (χ1) is 13.5. The van der Waals surface area contributed by atoms with Crippen LogP contribution in [0.1, 0.15) is 25.3 Å². The van der Waals surface area contributed by atoms with Crippen molar-refractivity contribution in [1.29, 1.82) is 0 Å². The zero-order valence-electron chi connectivity index (χ0n) is 15.5. The Labute approximate surface area is 163 Å². The minimum Gasteiger partial charge on any atom is -0.508 e.